The van der Waals surface area contributed by atoms with Crippen molar-refractivity contribution in [3.8, 4) is 0 Å². The molecular weight excluding hydrogens is 288 g/mol. The highest BCUT2D eigenvalue weighted by Crippen LogP contribution is 2.23. The second-order valence-electron chi connectivity index (χ2n) is 4.09. The fourth-order valence-corrected chi connectivity index (χ4v) is 3.06. The van der Waals surface area contributed by atoms with E-state index in [9.17, 15) is 17.2 Å². The highest BCUT2D eigenvalue weighted by molar-refractivity contribution is 7.91. The normalized spacial score (nSPS) is 11.9. The Morgan fingerprint density at radius 3 is 2.35 bits per heavy atom. The Morgan fingerprint density at radius 1 is 0.950 bits per heavy atom. The standard InChI is InChI=1S/C12H7F2N3O2S/c13-8-2-9(14)4-10(3-8)20(18,19)11-1-7-5-16-17-12(7)15-6-11/h1-6H,(H,15,16,17). The molecule has 20 heavy (non-hydrogen) atoms. The molecule has 0 saturated heterocycles. The number of H-pyrrole nitrogens is 1. The third-order valence-corrected chi connectivity index (χ3v) is 4.42. The molecule has 0 unspecified atom stereocenters. The Kier molecular flexibility index (Phi) is 2.75. The minimum Gasteiger partial charge on any atom is -0.261 e. The molecule has 0 atom stereocenters. The number of pyridine rings is 1. The Morgan fingerprint density at radius 2 is 1.65 bits per heavy atom. The van der Waals surface area contributed by atoms with Gasteiger partial charge >= 0.3 is 0 Å². The molecule has 0 spiro atoms. The van der Waals surface area contributed by atoms with E-state index in [0.29, 0.717) is 17.1 Å². The minimum absolute atomic E-state index is 0.156. The van der Waals surface area contributed by atoms with E-state index < -0.39 is 26.4 Å². The van der Waals surface area contributed by atoms with Crippen LogP contribution in [-0.2, 0) is 9.84 Å². The largest absolute Gasteiger partial charge is 0.261 e. The first kappa shape index (κ1) is 12.7. The van der Waals surface area contributed by atoms with E-state index in [-0.39, 0.29) is 4.90 Å². The lowest BCUT2D eigenvalue weighted by molar-refractivity contribution is 0.567. The summed E-state index contributed by atoms with van der Waals surface area (Å²) in [6, 6.07) is 3.47. The van der Waals surface area contributed by atoms with Crippen molar-refractivity contribution < 1.29 is 17.2 Å². The zero-order valence-electron chi connectivity index (χ0n) is 9.84. The van der Waals surface area contributed by atoms with E-state index in [2.05, 4.69) is 15.2 Å². The highest BCUT2D eigenvalue weighted by Gasteiger charge is 2.20. The second kappa shape index (κ2) is 4.34. The van der Waals surface area contributed by atoms with Crippen molar-refractivity contribution in [2.24, 2.45) is 0 Å². The first-order valence-corrected chi connectivity index (χ1v) is 6.95. The highest BCUT2D eigenvalue weighted by atomic mass is 32.2. The molecule has 3 rings (SSSR count). The van der Waals surface area contributed by atoms with E-state index in [1.165, 1.54) is 12.3 Å². The van der Waals surface area contributed by atoms with Crippen LogP contribution in [0.4, 0.5) is 8.78 Å². The summed E-state index contributed by atoms with van der Waals surface area (Å²) in [4.78, 5) is 3.28. The summed E-state index contributed by atoms with van der Waals surface area (Å²) in [6.45, 7) is 0. The van der Waals surface area contributed by atoms with Gasteiger partial charge in [0.25, 0.3) is 0 Å². The lowest BCUT2D eigenvalue weighted by Crippen LogP contribution is -2.04. The van der Waals surface area contributed by atoms with Gasteiger partial charge in [-0.2, -0.15) is 5.10 Å². The Labute approximate surface area is 112 Å². The Balaban J connectivity index is 2.19. The van der Waals surface area contributed by atoms with Gasteiger partial charge in [-0.25, -0.2) is 22.2 Å². The number of halogens is 2. The molecule has 0 aliphatic heterocycles. The molecule has 3 aromatic rings. The van der Waals surface area contributed by atoms with Crippen LogP contribution in [-0.4, -0.2) is 23.6 Å². The lowest BCUT2D eigenvalue weighted by Gasteiger charge is -2.04. The number of nitrogens with one attached hydrogen (secondary N) is 1. The molecule has 0 saturated carbocycles. The SMILES string of the molecule is O=S(=O)(c1cc(F)cc(F)c1)c1cnc2[nH]ncc2c1. The van der Waals surface area contributed by atoms with Crippen molar-refractivity contribution in [3.63, 3.8) is 0 Å². The van der Waals surface area contributed by atoms with Crippen LogP contribution in [0.5, 0.6) is 0 Å². The molecule has 0 aliphatic carbocycles. The Hall–Kier alpha value is -2.35. The Bertz CT molecular complexity index is 886. The predicted molar refractivity (Wildman–Crippen MR) is 65.7 cm³/mol. The maximum absolute atomic E-state index is 13.1. The van der Waals surface area contributed by atoms with E-state index in [1.54, 1.807) is 0 Å². The summed E-state index contributed by atoms with van der Waals surface area (Å²) in [5.74, 6) is -1.91. The van der Waals surface area contributed by atoms with Crippen LogP contribution in [0.25, 0.3) is 11.0 Å². The fourth-order valence-electron chi connectivity index (χ4n) is 1.78. The van der Waals surface area contributed by atoms with Crippen LogP contribution in [0, 0.1) is 11.6 Å². The van der Waals surface area contributed by atoms with E-state index in [0.717, 1.165) is 18.3 Å². The third kappa shape index (κ3) is 2.03. The van der Waals surface area contributed by atoms with Crippen molar-refractivity contribution in [2.45, 2.75) is 9.79 Å². The van der Waals surface area contributed by atoms with Crippen molar-refractivity contribution in [3.05, 3.63) is 48.3 Å². The number of sulfone groups is 1. The molecular formula is C12H7F2N3O2S. The third-order valence-electron chi connectivity index (χ3n) is 2.72. The van der Waals surface area contributed by atoms with Gasteiger partial charge in [0.2, 0.25) is 9.84 Å². The molecule has 0 radical (unpaired) electrons. The summed E-state index contributed by atoms with van der Waals surface area (Å²) in [6.07, 6.45) is 2.52. The van der Waals surface area contributed by atoms with Gasteiger partial charge in [-0.05, 0) is 18.2 Å². The summed E-state index contributed by atoms with van der Waals surface area (Å²) in [7, 11) is -4.04. The van der Waals surface area contributed by atoms with Crippen molar-refractivity contribution >= 4 is 20.9 Å². The van der Waals surface area contributed by atoms with Gasteiger partial charge in [0.05, 0.1) is 16.0 Å². The molecule has 5 nitrogen and oxygen atoms in total. The minimum atomic E-state index is -4.04. The predicted octanol–water partition coefficient (Wildman–Crippen LogP) is 2.07. The number of nitrogens with zero attached hydrogens (tertiary/aromatic N) is 2. The molecule has 0 amide bonds. The molecule has 8 heteroatoms. The van der Waals surface area contributed by atoms with Gasteiger partial charge in [-0.3, -0.25) is 5.10 Å². The van der Waals surface area contributed by atoms with Crippen molar-refractivity contribution in [2.75, 3.05) is 0 Å². The van der Waals surface area contributed by atoms with Crippen LogP contribution in [0.3, 0.4) is 0 Å². The first-order valence-electron chi connectivity index (χ1n) is 5.47. The van der Waals surface area contributed by atoms with Crippen LogP contribution in [0.15, 0.2) is 46.5 Å². The molecule has 1 N–H and O–H groups in total. The number of hydrogen-bond acceptors (Lipinski definition) is 4. The van der Waals surface area contributed by atoms with Gasteiger partial charge < -0.3 is 0 Å². The van der Waals surface area contributed by atoms with Crippen LogP contribution >= 0.6 is 0 Å². The average Bonchev–Trinajstić information content (AvgIpc) is 2.84. The molecule has 0 fully saturated rings. The summed E-state index contributed by atoms with van der Waals surface area (Å²) >= 11 is 0. The maximum atomic E-state index is 13.1. The fraction of sp³-hybridized carbons (Fsp3) is 0. The van der Waals surface area contributed by atoms with Gasteiger partial charge in [-0.1, -0.05) is 0 Å². The molecule has 0 bridgehead atoms. The van der Waals surface area contributed by atoms with E-state index in [4.69, 9.17) is 0 Å². The summed E-state index contributed by atoms with van der Waals surface area (Å²) < 4.78 is 50.9. The van der Waals surface area contributed by atoms with Crippen molar-refractivity contribution in [1.29, 1.82) is 0 Å². The number of fused-ring (bicyclic) bond motifs is 1. The monoisotopic (exact) mass is 295 g/mol. The maximum Gasteiger partial charge on any atom is 0.208 e. The van der Waals surface area contributed by atoms with Crippen molar-refractivity contribution in [1.82, 2.24) is 15.2 Å². The quantitative estimate of drug-likeness (QED) is 0.785. The zero-order chi connectivity index (χ0) is 14.3. The zero-order valence-corrected chi connectivity index (χ0v) is 10.7. The molecule has 0 aliphatic rings. The summed E-state index contributed by atoms with van der Waals surface area (Å²) in [5, 5.41) is 6.79. The topological polar surface area (TPSA) is 75.7 Å². The van der Waals surface area contributed by atoms with Crippen LogP contribution in [0.1, 0.15) is 0 Å². The first-order chi connectivity index (χ1) is 9.46. The van der Waals surface area contributed by atoms with Crippen LogP contribution in [0.2, 0.25) is 0 Å². The van der Waals surface area contributed by atoms with Gasteiger partial charge in [-0.15, -0.1) is 0 Å². The number of aromatic amines is 1. The van der Waals surface area contributed by atoms with Gasteiger partial charge in [0, 0.05) is 17.6 Å². The second-order valence-corrected chi connectivity index (χ2v) is 6.04. The molecule has 2 heterocycles. The average molecular weight is 295 g/mol. The van der Waals surface area contributed by atoms with Gasteiger partial charge in [0.1, 0.15) is 11.6 Å². The summed E-state index contributed by atoms with van der Waals surface area (Å²) in [5.41, 5.74) is 0.425. The number of hydrogen-bond donors (Lipinski definition) is 1. The van der Waals surface area contributed by atoms with E-state index >= 15 is 0 Å². The van der Waals surface area contributed by atoms with Crippen LogP contribution < -0.4 is 0 Å². The molecule has 102 valence electrons. The smallest absolute Gasteiger partial charge is 0.208 e. The number of rotatable bonds is 2. The molecule has 2 aromatic heterocycles. The molecule has 1 aromatic carbocycles. The van der Waals surface area contributed by atoms with Gasteiger partial charge in [0.15, 0.2) is 5.65 Å². The number of aromatic nitrogens is 3. The van der Waals surface area contributed by atoms with E-state index in [1.807, 2.05) is 0 Å². The number of benzene rings is 1. The lowest BCUT2D eigenvalue weighted by atomic mass is 10.3.